The first-order valence-corrected chi connectivity index (χ1v) is 4.22. The standard InChI is InChI=1S/C8H15N3O2/c1-9(2)4-5-11-6-7(12)10(3)8(11)13/h4-6H2,1-3H3. The van der Waals surface area contributed by atoms with Crippen molar-refractivity contribution in [1.82, 2.24) is 14.7 Å². The molecule has 5 heteroatoms. The van der Waals surface area contributed by atoms with Crippen molar-refractivity contribution in [2.75, 3.05) is 40.8 Å². The van der Waals surface area contributed by atoms with Crippen LogP contribution in [0.15, 0.2) is 0 Å². The van der Waals surface area contributed by atoms with E-state index in [9.17, 15) is 9.59 Å². The molecule has 0 aromatic rings. The number of hydrogen-bond donors (Lipinski definition) is 0. The first kappa shape index (κ1) is 9.98. The summed E-state index contributed by atoms with van der Waals surface area (Å²) in [5.74, 6) is -0.122. The minimum atomic E-state index is -0.188. The molecule has 0 saturated carbocycles. The van der Waals surface area contributed by atoms with Gasteiger partial charge in [-0.15, -0.1) is 0 Å². The van der Waals surface area contributed by atoms with E-state index in [2.05, 4.69) is 0 Å². The predicted octanol–water partition coefficient (Wildman–Crippen LogP) is -0.558. The zero-order valence-electron chi connectivity index (χ0n) is 8.28. The fraction of sp³-hybridized carbons (Fsp3) is 0.750. The van der Waals surface area contributed by atoms with E-state index in [1.54, 1.807) is 4.90 Å². The van der Waals surface area contributed by atoms with Gasteiger partial charge in [-0.3, -0.25) is 9.69 Å². The van der Waals surface area contributed by atoms with E-state index in [1.807, 2.05) is 19.0 Å². The summed E-state index contributed by atoms with van der Waals surface area (Å²) in [6.45, 7) is 1.62. The molecule has 1 saturated heterocycles. The third-order valence-electron chi connectivity index (χ3n) is 2.07. The molecule has 0 aliphatic carbocycles. The highest BCUT2D eigenvalue weighted by Gasteiger charge is 2.32. The second-order valence-corrected chi connectivity index (χ2v) is 3.46. The lowest BCUT2D eigenvalue weighted by Gasteiger charge is -2.17. The summed E-state index contributed by atoms with van der Waals surface area (Å²) in [4.78, 5) is 27.1. The summed E-state index contributed by atoms with van der Waals surface area (Å²) in [7, 11) is 5.39. The number of urea groups is 1. The van der Waals surface area contributed by atoms with E-state index in [4.69, 9.17) is 0 Å². The third kappa shape index (κ3) is 2.18. The van der Waals surface area contributed by atoms with Gasteiger partial charge in [-0.1, -0.05) is 0 Å². The largest absolute Gasteiger partial charge is 0.326 e. The molecule has 0 aromatic heterocycles. The Kier molecular flexibility index (Phi) is 2.87. The topological polar surface area (TPSA) is 43.9 Å². The van der Waals surface area contributed by atoms with E-state index in [1.165, 1.54) is 7.05 Å². The maximum absolute atomic E-state index is 11.3. The van der Waals surface area contributed by atoms with Crippen molar-refractivity contribution in [2.24, 2.45) is 0 Å². The van der Waals surface area contributed by atoms with Crippen molar-refractivity contribution in [3.05, 3.63) is 0 Å². The number of hydrogen-bond acceptors (Lipinski definition) is 3. The van der Waals surface area contributed by atoms with E-state index in [-0.39, 0.29) is 18.5 Å². The fourth-order valence-corrected chi connectivity index (χ4v) is 1.15. The molecule has 13 heavy (non-hydrogen) atoms. The molecule has 1 fully saturated rings. The monoisotopic (exact) mass is 185 g/mol. The maximum atomic E-state index is 11.3. The second kappa shape index (κ2) is 3.74. The average molecular weight is 185 g/mol. The van der Waals surface area contributed by atoms with Gasteiger partial charge >= 0.3 is 6.03 Å². The Hall–Kier alpha value is -1.10. The van der Waals surface area contributed by atoms with E-state index in [0.717, 1.165) is 11.4 Å². The smallest absolute Gasteiger partial charge is 0.314 e. The van der Waals surface area contributed by atoms with Gasteiger partial charge < -0.3 is 9.80 Å². The number of carbonyl (C=O) groups excluding carboxylic acids is 2. The van der Waals surface area contributed by atoms with Crippen LogP contribution in [0.25, 0.3) is 0 Å². The molecule has 0 unspecified atom stereocenters. The second-order valence-electron chi connectivity index (χ2n) is 3.46. The third-order valence-corrected chi connectivity index (χ3v) is 2.07. The molecule has 3 amide bonds. The Labute approximate surface area is 77.9 Å². The van der Waals surface area contributed by atoms with Gasteiger partial charge in [-0.25, -0.2) is 4.79 Å². The first-order chi connectivity index (χ1) is 6.02. The SMILES string of the molecule is CN(C)CCN1CC(=O)N(C)C1=O. The molecular weight excluding hydrogens is 170 g/mol. The zero-order valence-corrected chi connectivity index (χ0v) is 8.28. The van der Waals surface area contributed by atoms with Crippen LogP contribution in [0.4, 0.5) is 4.79 Å². The molecule has 74 valence electrons. The number of rotatable bonds is 3. The summed E-state index contributed by atoms with van der Waals surface area (Å²) in [5, 5.41) is 0. The lowest BCUT2D eigenvalue weighted by atomic mass is 10.5. The van der Waals surface area contributed by atoms with Gasteiger partial charge in [0.25, 0.3) is 0 Å². The van der Waals surface area contributed by atoms with Crippen LogP contribution in [0.5, 0.6) is 0 Å². The lowest BCUT2D eigenvalue weighted by Crippen LogP contribution is -2.34. The van der Waals surface area contributed by atoms with E-state index in [0.29, 0.717) is 6.54 Å². The Bertz CT molecular complexity index is 227. The Balaban J connectivity index is 2.45. The molecule has 0 bridgehead atoms. The molecule has 0 radical (unpaired) electrons. The predicted molar refractivity (Wildman–Crippen MR) is 48.3 cm³/mol. The highest BCUT2D eigenvalue weighted by molar-refractivity contribution is 6.01. The molecule has 5 nitrogen and oxygen atoms in total. The van der Waals surface area contributed by atoms with Crippen LogP contribution in [0.3, 0.4) is 0 Å². The maximum Gasteiger partial charge on any atom is 0.326 e. The van der Waals surface area contributed by atoms with Crippen LogP contribution >= 0.6 is 0 Å². The van der Waals surface area contributed by atoms with Crippen LogP contribution in [0, 0.1) is 0 Å². The molecule has 1 rings (SSSR count). The van der Waals surface area contributed by atoms with Gasteiger partial charge in [0.05, 0.1) is 0 Å². The van der Waals surface area contributed by atoms with E-state index >= 15 is 0 Å². The Morgan fingerprint density at radius 2 is 2.00 bits per heavy atom. The molecule has 1 aliphatic rings. The van der Waals surface area contributed by atoms with Crippen molar-refractivity contribution in [3.8, 4) is 0 Å². The molecule has 0 spiro atoms. The number of nitrogens with zero attached hydrogens (tertiary/aromatic N) is 3. The van der Waals surface area contributed by atoms with Crippen LogP contribution in [0.1, 0.15) is 0 Å². The number of amides is 3. The van der Waals surface area contributed by atoms with Gasteiger partial charge in [-0.05, 0) is 14.1 Å². The zero-order chi connectivity index (χ0) is 10.0. The first-order valence-electron chi connectivity index (χ1n) is 4.22. The molecule has 0 N–H and O–H groups in total. The number of likely N-dealkylation sites (N-methyl/N-ethyl adjacent to an activating group) is 2. The van der Waals surface area contributed by atoms with Crippen molar-refractivity contribution in [1.29, 1.82) is 0 Å². The minimum absolute atomic E-state index is 0.122. The van der Waals surface area contributed by atoms with Gasteiger partial charge in [0.1, 0.15) is 6.54 Å². The van der Waals surface area contributed by atoms with E-state index < -0.39 is 0 Å². The van der Waals surface area contributed by atoms with Crippen molar-refractivity contribution in [3.63, 3.8) is 0 Å². The molecular formula is C8H15N3O2. The average Bonchev–Trinajstić information content (AvgIpc) is 2.29. The highest BCUT2D eigenvalue weighted by atomic mass is 16.2. The van der Waals surface area contributed by atoms with Crippen molar-refractivity contribution < 1.29 is 9.59 Å². The summed E-state index contributed by atoms with van der Waals surface area (Å²) < 4.78 is 0. The molecule has 1 aliphatic heterocycles. The Morgan fingerprint density at radius 1 is 1.38 bits per heavy atom. The lowest BCUT2D eigenvalue weighted by molar-refractivity contribution is -0.124. The number of imide groups is 1. The minimum Gasteiger partial charge on any atom is -0.314 e. The van der Waals surface area contributed by atoms with Gasteiger partial charge in [-0.2, -0.15) is 0 Å². The Morgan fingerprint density at radius 3 is 2.38 bits per heavy atom. The summed E-state index contributed by atoms with van der Waals surface area (Å²) in [6, 6.07) is -0.188. The van der Waals surface area contributed by atoms with Gasteiger partial charge in [0.15, 0.2) is 0 Å². The quantitative estimate of drug-likeness (QED) is 0.554. The summed E-state index contributed by atoms with van der Waals surface area (Å²) in [5.41, 5.74) is 0. The van der Waals surface area contributed by atoms with Crippen molar-refractivity contribution >= 4 is 11.9 Å². The van der Waals surface area contributed by atoms with Crippen molar-refractivity contribution in [2.45, 2.75) is 0 Å². The molecule has 0 aromatic carbocycles. The highest BCUT2D eigenvalue weighted by Crippen LogP contribution is 2.06. The molecule has 0 atom stereocenters. The summed E-state index contributed by atoms with van der Waals surface area (Å²) >= 11 is 0. The van der Waals surface area contributed by atoms with Crippen LogP contribution in [-0.2, 0) is 4.79 Å². The fourth-order valence-electron chi connectivity index (χ4n) is 1.15. The normalized spacial score (nSPS) is 17.8. The van der Waals surface area contributed by atoms with Crippen LogP contribution < -0.4 is 0 Å². The molecule has 1 heterocycles. The van der Waals surface area contributed by atoms with Crippen LogP contribution in [-0.4, -0.2) is 67.4 Å². The number of carbonyl (C=O) groups is 2. The van der Waals surface area contributed by atoms with Crippen LogP contribution in [0.2, 0.25) is 0 Å². The van der Waals surface area contributed by atoms with Gasteiger partial charge in [0, 0.05) is 20.1 Å². The summed E-state index contributed by atoms with van der Waals surface area (Å²) in [6.07, 6.45) is 0. The van der Waals surface area contributed by atoms with Gasteiger partial charge in [0.2, 0.25) is 5.91 Å².